The monoisotopic (exact) mass is 445 g/mol. The molecule has 1 aliphatic rings. The molecule has 1 saturated heterocycles. The molecule has 0 unspecified atom stereocenters. The number of carbonyl (C=O) groups excluding carboxylic acids is 2. The maximum Gasteiger partial charge on any atom is 0.254 e. The lowest BCUT2D eigenvalue weighted by molar-refractivity contribution is -0.124. The summed E-state index contributed by atoms with van der Waals surface area (Å²) in [5, 5.41) is 2.37. The molecule has 1 fully saturated rings. The van der Waals surface area contributed by atoms with Gasteiger partial charge in [-0.25, -0.2) is 0 Å². The van der Waals surface area contributed by atoms with Crippen LogP contribution in [0.3, 0.4) is 0 Å². The summed E-state index contributed by atoms with van der Waals surface area (Å²) in [5.74, 6) is 0.162. The first-order valence-electron chi connectivity index (χ1n) is 11.2. The third-order valence-electron chi connectivity index (χ3n) is 5.78. The van der Waals surface area contributed by atoms with Crippen molar-refractivity contribution >= 4 is 17.9 Å². The highest BCUT2D eigenvalue weighted by molar-refractivity contribution is 6.16. The smallest absolute Gasteiger partial charge is 0.254 e. The van der Waals surface area contributed by atoms with Crippen LogP contribution in [0.2, 0.25) is 0 Å². The van der Waals surface area contributed by atoms with Crippen LogP contribution in [0.15, 0.2) is 109 Å². The van der Waals surface area contributed by atoms with Gasteiger partial charge < -0.3 is 4.74 Å². The summed E-state index contributed by atoms with van der Waals surface area (Å²) in [6.07, 6.45) is 1.91. The fraction of sp³-hybridized carbons (Fsp3) is 0.0667. The molecule has 166 valence electrons. The number of rotatable bonds is 6. The van der Waals surface area contributed by atoms with Gasteiger partial charge in [0.2, 0.25) is 5.91 Å². The minimum atomic E-state index is -0.332. The number of ether oxygens (including phenoxy) is 1. The molecule has 0 radical (unpaired) electrons. The second kappa shape index (κ2) is 9.59. The normalized spacial score (nSPS) is 14.3. The summed E-state index contributed by atoms with van der Waals surface area (Å²) in [5.41, 5.74) is 6.50. The summed E-state index contributed by atoms with van der Waals surface area (Å²) in [6, 6.07) is 34.2. The van der Waals surface area contributed by atoms with Gasteiger partial charge in [0.15, 0.2) is 0 Å². The molecule has 34 heavy (non-hydrogen) atoms. The van der Waals surface area contributed by atoms with Gasteiger partial charge in [-0.3, -0.25) is 14.9 Å². The number of hydrogen-bond donors (Lipinski definition) is 1. The quantitative estimate of drug-likeness (QED) is 0.291. The van der Waals surface area contributed by atoms with Gasteiger partial charge in [0.05, 0.1) is 6.42 Å². The van der Waals surface area contributed by atoms with Crippen molar-refractivity contribution in [3.8, 4) is 28.0 Å². The molecule has 2 amide bonds. The van der Waals surface area contributed by atoms with E-state index in [1.165, 1.54) is 0 Å². The van der Waals surface area contributed by atoms with Gasteiger partial charge in [0.1, 0.15) is 12.4 Å². The third-order valence-corrected chi connectivity index (χ3v) is 5.78. The zero-order valence-corrected chi connectivity index (χ0v) is 18.5. The zero-order chi connectivity index (χ0) is 23.3. The van der Waals surface area contributed by atoms with Crippen molar-refractivity contribution in [2.24, 2.45) is 0 Å². The van der Waals surface area contributed by atoms with Crippen LogP contribution in [-0.2, 0) is 16.2 Å². The molecule has 0 spiro atoms. The highest BCUT2D eigenvalue weighted by Gasteiger charge is 2.24. The van der Waals surface area contributed by atoms with Gasteiger partial charge >= 0.3 is 0 Å². The second-order valence-electron chi connectivity index (χ2n) is 8.19. The highest BCUT2D eigenvalue weighted by atomic mass is 16.5. The Labute approximate surface area is 198 Å². The van der Waals surface area contributed by atoms with E-state index in [2.05, 4.69) is 35.6 Å². The van der Waals surface area contributed by atoms with Crippen LogP contribution in [-0.4, -0.2) is 11.8 Å². The molecule has 0 saturated carbocycles. The van der Waals surface area contributed by atoms with Gasteiger partial charge in [0.25, 0.3) is 5.91 Å². The standard InChI is InChI=1S/C30H23NO3/c32-29-19-26(30(33)31-29)17-25-16-23(22-10-5-2-6-11-22)14-15-28(25)24-12-7-13-27(18-24)34-20-21-8-3-1-4-9-21/h1-18H,19-20H2,(H,31,32,33)/b26-17+. The molecule has 0 atom stereocenters. The Kier molecular flexibility index (Phi) is 6.04. The average molecular weight is 446 g/mol. The van der Waals surface area contributed by atoms with Gasteiger partial charge in [0, 0.05) is 5.57 Å². The lowest BCUT2D eigenvalue weighted by Crippen LogP contribution is -2.19. The Balaban J connectivity index is 1.52. The van der Waals surface area contributed by atoms with Crippen molar-refractivity contribution in [1.82, 2.24) is 5.32 Å². The van der Waals surface area contributed by atoms with Crippen molar-refractivity contribution < 1.29 is 14.3 Å². The van der Waals surface area contributed by atoms with E-state index in [0.29, 0.717) is 12.2 Å². The molecule has 4 aromatic carbocycles. The van der Waals surface area contributed by atoms with E-state index in [1.54, 1.807) is 0 Å². The highest BCUT2D eigenvalue weighted by Crippen LogP contribution is 2.33. The number of benzene rings is 4. The molecule has 4 nitrogen and oxygen atoms in total. The Morgan fingerprint density at radius 2 is 1.47 bits per heavy atom. The van der Waals surface area contributed by atoms with Crippen molar-refractivity contribution in [3.05, 3.63) is 120 Å². The van der Waals surface area contributed by atoms with Crippen LogP contribution in [0.5, 0.6) is 5.75 Å². The zero-order valence-electron chi connectivity index (χ0n) is 18.5. The summed E-state index contributed by atoms with van der Waals surface area (Å²) >= 11 is 0. The van der Waals surface area contributed by atoms with Crippen molar-refractivity contribution in [1.29, 1.82) is 0 Å². The molecule has 1 heterocycles. The summed E-state index contributed by atoms with van der Waals surface area (Å²) in [4.78, 5) is 24.0. The molecule has 0 bridgehead atoms. The van der Waals surface area contributed by atoms with Crippen molar-refractivity contribution in [2.75, 3.05) is 0 Å². The summed E-state index contributed by atoms with van der Waals surface area (Å²) < 4.78 is 6.03. The molecular weight excluding hydrogens is 422 g/mol. The molecule has 4 heteroatoms. The van der Waals surface area contributed by atoms with Gasteiger partial charge in [-0.05, 0) is 57.7 Å². The lowest BCUT2D eigenvalue weighted by atomic mass is 9.93. The van der Waals surface area contributed by atoms with E-state index in [-0.39, 0.29) is 18.2 Å². The molecule has 0 aromatic heterocycles. The van der Waals surface area contributed by atoms with Crippen molar-refractivity contribution in [3.63, 3.8) is 0 Å². The number of imide groups is 1. The first kappa shape index (κ1) is 21.4. The molecule has 4 aromatic rings. The van der Waals surface area contributed by atoms with Gasteiger partial charge in [-0.2, -0.15) is 0 Å². The van der Waals surface area contributed by atoms with E-state index in [1.807, 2.05) is 78.9 Å². The molecular formula is C30H23NO3. The van der Waals surface area contributed by atoms with E-state index in [4.69, 9.17) is 4.74 Å². The SMILES string of the molecule is O=C1C/C(=C\c2cc(-c3ccccc3)ccc2-c2cccc(OCc3ccccc3)c2)C(=O)N1. The maximum atomic E-state index is 12.2. The Hall–Kier alpha value is -4.44. The van der Waals surface area contributed by atoms with Crippen LogP contribution in [0.4, 0.5) is 0 Å². The van der Waals surface area contributed by atoms with Crippen LogP contribution in [0, 0.1) is 0 Å². The second-order valence-corrected chi connectivity index (χ2v) is 8.19. The minimum absolute atomic E-state index is 0.0913. The van der Waals surface area contributed by atoms with Crippen LogP contribution in [0.1, 0.15) is 17.5 Å². The largest absolute Gasteiger partial charge is 0.489 e. The van der Waals surface area contributed by atoms with Gasteiger partial charge in [-0.15, -0.1) is 0 Å². The topological polar surface area (TPSA) is 55.4 Å². The third kappa shape index (κ3) is 4.81. The number of nitrogens with one attached hydrogen (secondary N) is 1. The predicted molar refractivity (Wildman–Crippen MR) is 134 cm³/mol. The van der Waals surface area contributed by atoms with Gasteiger partial charge in [-0.1, -0.05) is 84.9 Å². The molecule has 1 aliphatic heterocycles. The molecule has 1 N–H and O–H groups in total. The summed E-state index contributed by atoms with van der Waals surface area (Å²) in [6.45, 7) is 0.483. The minimum Gasteiger partial charge on any atom is -0.489 e. The van der Waals surface area contributed by atoms with Crippen LogP contribution in [0.25, 0.3) is 28.3 Å². The molecule has 0 aliphatic carbocycles. The predicted octanol–water partition coefficient (Wildman–Crippen LogP) is 6.03. The van der Waals surface area contributed by atoms with E-state index in [0.717, 1.165) is 39.1 Å². The van der Waals surface area contributed by atoms with E-state index >= 15 is 0 Å². The number of amides is 2. The Bertz CT molecular complexity index is 1370. The van der Waals surface area contributed by atoms with E-state index < -0.39 is 0 Å². The summed E-state index contributed by atoms with van der Waals surface area (Å²) in [7, 11) is 0. The van der Waals surface area contributed by atoms with Crippen molar-refractivity contribution in [2.45, 2.75) is 13.0 Å². The number of carbonyl (C=O) groups is 2. The fourth-order valence-corrected chi connectivity index (χ4v) is 4.06. The first-order valence-corrected chi connectivity index (χ1v) is 11.2. The Morgan fingerprint density at radius 3 is 2.21 bits per heavy atom. The fourth-order valence-electron chi connectivity index (χ4n) is 4.06. The average Bonchev–Trinajstić information content (AvgIpc) is 3.20. The number of hydrogen-bond acceptors (Lipinski definition) is 3. The molecule has 5 rings (SSSR count). The Morgan fingerprint density at radius 1 is 0.735 bits per heavy atom. The first-order chi connectivity index (χ1) is 16.7. The lowest BCUT2D eigenvalue weighted by Gasteiger charge is -2.13. The van der Waals surface area contributed by atoms with Crippen LogP contribution >= 0.6 is 0 Å². The maximum absolute atomic E-state index is 12.2. The van der Waals surface area contributed by atoms with E-state index in [9.17, 15) is 9.59 Å². The van der Waals surface area contributed by atoms with Crippen LogP contribution < -0.4 is 10.1 Å².